The third-order valence-corrected chi connectivity index (χ3v) is 3.56. The highest BCUT2D eigenvalue weighted by Crippen LogP contribution is 2.18. The number of fused-ring (bicyclic) bond motifs is 1. The average molecular weight is 314 g/mol. The number of nitrogens with two attached hydrogens (primary N) is 1. The first-order valence-corrected chi connectivity index (χ1v) is 7.24. The van der Waals surface area contributed by atoms with Crippen LogP contribution in [-0.4, -0.2) is 28.9 Å². The van der Waals surface area contributed by atoms with E-state index < -0.39 is 17.9 Å². The standard InChI is InChI=1S/C17H18N2O4/c18-17(23)14(8-9-16(21)22)19-15(20)10-12-6-3-5-11-4-1-2-7-13(11)12/h1-7,14H,8-10H2,(H2,18,23)(H,19,20)(H,21,22)/t14-/m0/s1. The Balaban J connectivity index is 2.08. The van der Waals surface area contributed by atoms with E-state index in [4.69, 9.17) is 10.8 Å². The van der Waals surface area contributed by atoms with Crippen LogP contribution in [0.5, 0.6) is 0 Å². The fourth-order valence-corrected chi connectivity index (χ4v) is 2.42. The number of amides is 2. The summed E-state index contributed by atoms with van der Waals surface area (Å²) in [6.07, 6.45) is -0.160. The van der Waals surface area contributed by atoms with Crippen LogP contribution in [0.4, 0.5) is 0 Å². The Bertz CT molecular complexity index is 737. The van der Waals surface area contributed by atoms with Crippen LogP contribution in [-0.2, 0) is 20.8 Å². The number of hydrogen-bond donors (Lipinski definition) is 3. The van der Waals surface area contributed by atoms with Crippen molar-refractivity contribution in [2.45, 2.75) is 25.3 Å². The van der Waals surface area contributed by atoms with Gasteiger partial charge in [0.1, 0.15) is 6.04 Å². The summed E-state index contributed by atoms with van der Waals surface area (Å²) in [5.74, 6) is -2.15. The number of carboxylic acids is 1. The number of nitrogens with one attached hydrogen (secondary N) is 1. The molecule has 0 aromatic heterocycles. The van der Waals surface area contributed by atoms with Crippen LogP contribution in [0.15, 0.2) is 42.5 Å². The van der Waals surface area contributed by atoms with E-state index in [1.807, 2.05) is 42.5 Å². The molecule has 0 aliphatic carbocycles. The van der Waals surface area contributed by atoms with Crippen molar-refractivity contribution in [2.75, 3.05) is 0 Å². The lowest BCUT2D eigenvalue weighted by Crippen LogP contribution is -2.45. The van der Waals surface area contributed by atoms with Crippen LogP contribution in [0, 0.1) is 0 Å². The van der Waals surface area contributed by atoms with E-state index in [9.17, 15) is 14.4 Å². The van der Waals surface area contributed by atoms with E-state index in [0.717, 1.165) is 16.3 Å². The SMILES string of the molecule is NC(=O)[C@H](CCC(=O)O)NC(=O)Cc1cccc2ccccc12. The number of hydrogen-bond acceptors (Lipinski definition) is 3. The van der Waals surface area contributed by atoms with Crippen molar-refractivity contribution in [3.05, 3.63) is 48.0 Å². The summed E-state index contributed by atoms with van der Waals surface area (Å²) in [4.78, 5) is 34.1. The monoisotopic (exact) mass is 314 g/mol. The lowest BCUT2D eigenvalue weighted by Gasteiger charge is -2.15. The minimum atomic E-state index is -1.04. The molecular weight excluding hydrogens is 296 g/mol. The third-order valence-electron chi connectivity index (χ3n) is 3.56. The Labute approximate surface area is 133 Å². The molecule has 2 aromatic carbocycles. The zero-order valence-corrected chi connectivity index (χ0v) is 12.5. The van der Waals surface area contributed by atoms with E-state index in [-0.39, 0.29) is 25.2 Å². The second kappa shape index (κ2) is 7.40. The molecule has 0 saturated heterocycles. The Morgan fingerprint density at radius 3 is 2.48 bits per heavy atom. The molecule has 0 aliphatic heterocycles. The molecule has 2 amide bonds. The summed E-state index contributed by atoms with van der Waals surface area (Å²) in [5, 5.41) is 13.2. The van der Waals surface area contributed by atoms with Crippen LogP contribution in [0.25, 0.3) is 10.8 Å². The Kier molecular flexibility index (Phi) is 5.30. The highest BCUT2D eigenvalue weighted by molar-refractivity contribution is 5.92. The molecule has 23 heavy (non-hydrogen) atoms. The second-order valence-electron chi connectivity index (χ2n) is 5.27. The van der Waals surface area contributed by atoms with Gasteiger partial charge in [-0.2, -0.15) is 0 Å². The molecule has 0 aliphatic rings. The van der Waals surface area contributed by atoms with Gasteiger partial charge in [-0.15, -0.1) is 0 Å². The van der Waals surface area contributed by atoms with Crippen LogP contribution in [0.1, 0.15) is 18.4 Å². The van der Waals surface area contributed by atoms with Crippen molar-refractivity contribution in [1.82, 2.24) is 5.32 Å². The number of aliphatic carboxylic acids is 1. The molecule has 0 radical (unpaired) electrons. The summed E-state index contributed by atoms with van der Waals surface area (Å²) in [6.45, 7) is 0. The maximum Gasteiger partial charge on any atom is 0.303 e. The maximum atomic E-state index is 12.1. The molecule has 0 heterocycles. The van der Waals surface area contributed by atoms with Crippen molar-refractivity contribution in [2.24, 2.45) is 5.73 Å². The maximum absolute atomic E-state index is 12.1. The van der Waals surface area contributed by atoms with Crippen molar-refractivity contribution < 1.29 is 19.5 Å². The van der Waals surface area contributed by atoms with E-state index in [1.54, 1.807) is 0 Å². The number of carbonyl (C=O) groups is 3. The third kappa shape index (κ3) is 4.54. The first-order chi connectivity index (χ1) is 11.0. The summed E-state index contributed by atoms with van der Waals surface area (Å²) >= 11 is 0. The van der Waals surface area contributed by atoms with Gasteiger partial charge in [-0.25, -0.2) is 0 Å². The minimum absolute atomic E-state index is 0.0219. The zero-order valence-electron chi connectivity index (χ0n) is 12.5. The summed E-state index contributed by atoms with van der Waals surface area (Å²) in [7, 11) is 0. The van der Waals surface area contributed by atoms with Crippen molar-refractivity contribution in [3.63, 3.8) is 0 Å². The molecule has 0 fully saturated rings. The number of carboxylic acid groups (broad SMARTS) is 1. The molecular formula is C17H18N2O4. The van der Waals surface area contributed by atoms with E-state index in [1.165, 1.54) is 0 Å². The Morgan fingerprint density at radius 2 is 1.78 bits per heavy atom. The Hall–Kier alpha value is -2.89. The average Bonchev–Trinajstić information content (AvgIpc) is 2.51. The Morgan fingerprint density at radius 1 is 1.09 bits per heavy atom. The van der Waals surface area contributed by atoms with Gasteiger partial charge in [0.25, 0.3) is 0 Å². The molecule has 0 saturated carbocycles. The van der Waals surface area contributed by atoms with Crippen molar-refractivity contribution >= 4 is 28.6 Å². The van der Waals surface area contributed by atoms with Gasteiger partial charge in [-0.3, -0.25) is 14.4 Å². The second-order valence-corrected chi connectivity index (χ2v) is 5.27. The smallest absolute Gasteiger partial charge is 0.303 e. The quantitative estimate of drug-likeness (QED) is 0.713. The molecule has 120 valence electrons. The van der Waals surface area contributed by atoms with Crippen LogP contribution in [0.2, 0.25) is 0 Å². The molecule has 0 unspecified atom stereocenters. The molecule has 6 heteroatoms. The number of benzene rings is 2. The highest BCUT2D eigenvalue weighted by Gasteiger charge is 2.19. The molecule has 2 aromatic rings. The van der Waals surface area contributed by atoms with Crippen molar-refractivity contribution in [1.29, 1.82) is 0 Å². The van der Waals surface area contributed by atoms with Gasteiger partial charge in [0.05, 0.1) is 6.42 Å². The van der Waals surface area contributed by atoms with Gasteiger partial charge in [-0.05, 0) is 22.8 Å². The van der Waals surface area contributed by atoms with Gasteiger partial charge in [0, 0.05) is 6.42 Å². The van der Waals surface area contributed by atoms with Gasteiger partial charge in [0.2, 0.25) is 11.8 Å². The molecule has 6 nitrogen and oxygen atoms in total. The lowest BCUT2D eigenvalue weighted by atomic mass is 10.0. The molecule has 1 atom stereocenters. The predicted octanol–water partition coefficient (Wildman–Crippen LogP) is 1.22. The van der Waals surface area contributed by atoms with E-state index in [0.29, 0.717) is 0 Å². The molecule has 4 N–H and O–H groups in total. The van der Waals surface area contributed by atoms with Gasteiger partial charge < -0.3 is 16.2 Å². The number of carbonyl (C=O) groups excluding carboxylic acids is 2. The van der Waals surface area contributed by atoms with E-state index >= 15 is 0 Å². The van der Waals surface area contributed by atoms with Gasteiger partial charge in [-0.1, -0.05) is 42.5 Å². The first-order valence-electron chi connectivity index (χ1n) is 7.24. The number of rotatable bonds is 7. The zero-order chi connectivity index (χ0) is 16.8. The summed E-state index contributed by atoms with van der Waals surface area (Å²) in [6, 6.07) is 12.4. The predicted molar refractivity (Wildman–Crippen MR) is 85.6 cm³/mol. The largest absolute Gasteiger partial charge is 0.481 e. The fraction of sp³-hybridized carbons (Fsp3) is 0.235. The van der Waals surface area contributed by atoms with Gasteiger partial charge in [0.15, 0.2) is 0 Å². The summed E-state index contributed by atoms with van der Waals surface area (Å²) in [5.41, 5.74) is 6.04. The topological polar surface area (TPSA) is 109 Å². The van der Waals surface area contributed by atoms with Crippen LogP contribution in [0.3, 0.4) is 0 Å². The van der Waals surface area contributed by atoms with Crippen LogP contribution < -0.4 is 11.1 Å². The number of primary amides is 1. The first kappa shape index (κ1) is 16.5. The van der Waals surface area contributed by atoms with E-state index in [2.05, 4.69) is 5.32 Å². The van der Waals surface area contributed by atoms with Crippen LogP contribution >= 0.6 is 0 Å². The lowest BCUT2D eigenvalue weighted by molar-refractivity contribution is -0.137. The van der Waals surface area contributed by atoms with Gasteiger partial charge >= 0.3 is 5.97 Å². The highest BCUT2D eigenvalue weighted by atomic mass is 16.4. The summed E-state index contributed by atoms with van der Waals surface area (Å²) < 4.78 is 0. The fourth-order valence-electron chi connectivity index (χ4n) is 2.42. The molecule has 0 spiro atoms. The van der Waals surface area contributed by atoms with Crippen molar-refractivity contribution in [3.8, 4) is 0 Å². The minimum Gasteiger partial charge on any atom is -0.481 e. The molecule has 2 rings (SSSR count). The molecule has 0 bridgehead atoms. The normalized spacial score (nSPS) is 11.8.